The van der Waals surface area contributed by atoms with Gasteiger partial charge in [-0.2, -0.15) is 0 Å². The Morgan fingerprint density at radius 2 is 1.53 bits per heavy atom. The van der Waals surface area contributed by atoms with E-state index in [1.165, 1.54) is 44.9 Å². The Kier molecular flexibility index (Phi) is 11.9. The summed E-state index contributed by atoms with van der Waals surface area (Å²) in [5, 5.41) is 2.98. The van der Waals surface area contributed by atoms with E-state index in [1.807, 2.05) is 49.1 Å². The molecule has 212 valence electrons. The number of unbranched alkanes of at least 4 members (excludes halogenated alkanes) is 8. The highest BCUT2D eigenvalue weighted by Gasteiger charge is 2.54. The zero-order chi connectivity index (χ0) is 27.4. The number of hydrogen-bond donors (Lipinski definition) is 1. The van der Waals surface area contributed by atoms with Crippen molar-refractivity contribution in [1.82, 2.24) is 15.1 Å². The quantitative estimate of drug-likeness (QED) is 0.307. The first-order valence-electron chi connectivity index (χ1n) is 15.1. The van der Waals surface area contributed by atoms with Gasteiger partial charge in [-0.1, -0.05) is 83.4 Å². The molecular weight excluding hydrogens is 476 g/mol. The molecule has 0 aliphatic carbocycles. The molecule has 0 radical (unpaired) electrons. The van der Waals surface area contributed by atoms with Gasteiger partial charge in [0.05, 0.1) is 6.67 Å². The molecule has 2 heterocycles. The molecule has 1 aromatic rings. The molecule has 1 unspecified atom stereocenters. The van der Waals surface area contributed by atoms with Crippen LogP contribution in [0.25, 0.3) is 0 Å². The summed E-state index contributed by atoms with van der Waals surface area (Å²) in [6.07, 6.45) is 13.8. The van der Waals surface area contributed by atoms with Gasteiger partial charge in [0.2, 0.25) is 11.8 Å². The van der Waals surface area contributed by atoms with Crippen molar-refractivity contribution >= 4 is 23.4 Å². The zero-order valence-electron chi connectivity index (χ0n) is 24.1. The Morgan fingerprint density at radius 3 is 2.13 bits per heavy atom. The number of para-hydroxylation sites is 1. The van der Waals surface area contributed by atoms with Gasteiger partial charge in [0.25, 0.3) is 5.91 Å². The number of carbonyl (C=O) groups excluding carboxylic acids is 3. The highest BCUT2D eigenvalue weighted by molar-refractivity contribution is 5.96. The van der Waals surface area contributed by atoms with Gasteiger partial charge in [0.15, 0.2) is 0 Å². The summed E-state index contributed by atoms with van der Waals surface area (Å²) in [6.45, 7) is 7.87. The van der Waals surface area contributed by atoms with Crippen molar-refractivity contribution < 1.29 is 14.4 Å². The lowest BCUT2D eigenvalue weighted by molar-refractivity contribution is -0.140. The van der Waals surface area contributed by atoms with Crippen molar-refractivity contribution in [3.8, 4) is 0 Å². The molecule has 1 aromatic carbocycles. The van der Waals surface area contributed by atoms with Crippen molar-refractivity contribution in [3.63, 3.8) is 0 Å². The van der Waals surface area contributed by atoms with Crippen LogP contribution in [-0.4, -0.2) is 65.4 Å². The Bertz CT molecular complexity index is 882. The number of amides is 3. The number of rotatable bonds is 15. The van der Waals surface area contributed by atoms with Crippen molar-refractivity contribution in [1.29, 1.82) is 0 Å². The van der Waals surface area contributed by atoms with E-state index in [2.05, 4.69) is 17.1 Å². The van der Waals surface area contributed by atoms with Gasteiger partial charge in [-0.25, -0.2) is 0 Å². The lowest BCUT2D eigenvalue weighted by atomic mass is 9.85. The van der Waals surface area contributed by atoms with Crippen molar-refractivity contribution in [2.45, 2.75) is 116 Å². The third-order valence-corrected chi connectivity index (χ3v) is 8.37. The monoisotopic (exact) mass is 526 g/mol. The van der Waals surface area contributed by atoms with E-state index in [-0.39, 0.29) is 30.3 Å². The predicted molar refractivity (Wildman–Crippen MR) is 154 cm³/mol. The van der Waals surface area contributed by atoms with Gasteiger partial charge in [-0.15, -0.1) is 0 Å². The maximum Gasteiger partial charge on any atom is 0.250 e. The maximum atomic E-state index is 13.8. The van der Waals surface area contributed by atoms with Crippen molar-refractivity contribution in [2.75, 3.05) is 31.2 Å². The van der Waals surface area contributed by atoms with Crippen LogP contribution in [0.1, 0.15) is 104 Å². The molecule has 1 spiro atoms. The SMILES string of the molecule is CCCCCCCCCCCC(=O)N1CCC2(CC1)C(=O)N(CC(=O)NC(C)CC)CN2c1ccccc1. The molecule has 3 rings (SSSR count). The molecule has 3 amide bonds. The zero-order valence-corrected chi connectivity index (χ0v) is 24.1. The van der Waals surface area contributed by atoms with Crippen LogP contribution in [0.15, 0.2) is 30.3 Å². The van der Waals surface area contributed by atoms with Crippen LogP contribution in [0, 0.1) is 0 Å². The minimum atomic E-state index is -0.702. The van der Waals surface area contributed by atoms with Crippen LogP contribution in [0.2, 0.25) is 0 Å². The summed E-state index contributed by atoms with van der Waals surface area (Å²) in [6, 6.07) is 10.1. The number of piperidine rings is 1. The highest BCUT2D eigenvalue weighted by atomic mass is 16.2. The minimum absolute atomic E-state index is 0.00619. The maximum absolute atomic E-state index is 13.8. The standard InChI is InChI=1S/C31H50N4O3/c1-4-6-7-8-9-10-11-12-16-19-29(37)33-22-20-31(21-23-33)30(38)34(24-28(36)32-26(3)5-2)25-35(31)27-17-14-13-15-18-27/h13-15,17-18,26H,4-12,16,19-25H2,1-3H3,(H,32,36). The average molecular weight is 527 g/mol. The number of nitrogens with zero attached hydrogens (tertiary/aromatic N) is 3. The molecule has 2 aliphatic heterocycles. The van der Waals surface area contributed by atoms with Crippen LogP contribution in [-0.2, 0) is 14.4 Å². The van der Waals surface area contributed by atoms with Gasteiger partial charge in [0.1, 0.15) is 12.1 Å². The fourth-order valence-electron chi connectivity index (χ4n) is 5.79. The predicted octanol–water partition coefficient (Wildman–Crippen LogP) is 5.49. The molecule has 7 heteroatoms. The van der Waals surface area contributed by atoms with Gasteiger partial charge >= 0.3 is 0 Å². The second kappa shape index (κ2) is 15.1. The Labute approximate surface area is 230 Å². The molecule has 2 aliphatic rings. The summed E-state index contributed by atoms with van der Waals surface area (Å²) >= 11 is 0. The van der Waals surface area contributed by atoms with E-state index < -0.39 is 5.54 Å². The number of benzene rings is 1. The fourth-order valence-corrected chi connectivity index (χ4v) is 5.79. The third-order valence-electron chi connectivity index (χ3n) is 8.37. The molecule has 0 aromatic heterocycles. The van der Waals surface area contributed by atoms with E-state index in [4.69, 9.17) is 0 Å². The minimum Gasteiger partial charge on any atom is -0.352 e. The van der Waals surface area contributed by atoms with Crippen LogP contribution < -0.4 is 10.2 Å². The molecule has 1 N–H and O–H groups in total. The summed E-state index contributed by atoms with van der Waals surface area (Å²) in [5.41, 5.74) is 0.284. The molecule has 38 heavy (non-hydrogen) atoms. The Morgan fingerprint density at radius 1 is 0.921 bits per heavy atom. The van der Waals surface area contributed by atoms with Crippen LogP contribution in [0.5, 0.6) is 0 Å². The number of nitrogens with one attached hydrogen (secondary N) is 1. The van der Waals surface area contributed by atoms with Gasteiger partial charge in [-0.05, 0) is 44.7 Å². The van der Waals surface area contributed by atoms with Crippen LogP contribution >= 0.6 is 0 Å². The third kappa shape index (κ3) is 7.97. The molecule has 0 saturated carbocycles. The molecule has 1 atom stereocenters. The summed E-state index contributed by atoms with van der Waals surface area (Å²) in [5.74, 6) is 0.0994. The lowest BCUT2D eigenvalue weighted by Gasteiger charge is -2.43. The van der Waals surface area contributed by atoms with Gasteiger partial charge in [-0.3, -0.25) is 14.4 Å². The molecule has 2 saturated heterocycles. The molecule has 7 nitrogen and oxygen atoms in total. The summed E-state index contributed by atoms with van der Waals surface area (Å²) in [7, 11) is 0. The molecule has 0 bridgehead atoms. The van der Waals surface area contributed by atoms with E-state index in [0.717, 1.165) is 24.9 Å². The lowest BCUT2D eigenvalue weighted by Crippen LogP contribution is -2.57. The summed E-state index contributed by atoms with van der Waals surface area (Å²) < 4.78 is 0. The Balaban J connectivity index is 1.53. The van der Waals surface area contributed by atoms with Crippen molar-refractivity contribution in [3.05, 3.63) is 30.3 Å². The van der Waals surface area contributed by atoms with Gasteiger partial charge < -0.3 is 20.0 Å². The number of hydrogen-bond acceptors (Lipinski definition) is 4. The first-order chi connectivity index (χ1) is 18.4. The number of carbonyl (C=O) groups is 3. The first-order valence-corrected chi connectivity index (χ1v) is 15.1. The first kappa shape index (κ1) is 30.0. The van der Waals surface area contributed by atoms with E-state index in [9.17, 15) is 14.4 Å². The number of anilines is 1. The fraction of sp³-hybridized carbons (Fsp3) is 0.710. The molecular formula is C31H50N4O3. The second-order valence-corrected chi connectivity index (χ2v) is 11.3. The molecule has 2 fully saturated rings. The highest BCUT2D eigenvalue weighted by Crippen LogP contribution is 2.39. The topological polar surface area (TPSA) is 73.0 Å². The van der Waals surface area contributed by atoms with Crippen molar-refractivity contribution in [2.24, 2.45) is 0 Å². The van der Waals surface area contributed by atoms with Crippen LogP contribution in [0.3, 0.4) is 0 Å². The van der Waals surface area contributed by atoms with E-state index >= 15 is 0 Å². The van der Waals surface area contributed by atoms with E-state index in [1.54, 1.807) is 4.90 Å². The smallest absolute Gasteiger partial charge is 0.250 e. The van der Waals surface area contributed by atoms with Crippen LogP contribution in [0.4, 0.5) is 5.69 Å². The second-order valence-electron chi connectivity index (χ2n) is 11.3. The van der Waals surface area contributed by atoms with E-state index in [0.29, 0.717) is 39.0 Å². The van der Waals surface area contributed by atoms with Gasteiger partial charge in [0, 0.05) is 31.2 Å². The largest absolute Gasteiger partial charge is 0.352 e. The Hall–Kier alpha value is -2.57. The normalized spacial score (nSPS) is 17.8. The average Bonchev–Trinajstić information content (AvgIpc) is 3.18. The number of likely N-dealkylation sites (tertiary alicyclic amines) is 1. The summed E-state index contributed by atoms with van der Waals surface area (Å²) in [4.78, 5) is 45.1.